The van der Waals surface area contributed by atoms with Crippen molar-refractivity contribution in [2.75, 3.05) is 31.1 Å². The number of pyridine rings is 1. The zero-order valence-corrected chi connectivity index (χ0v) is 20.6. The quantitative estimate of drug-likeness (QED) is 0.386. The smallest absolute Gasteiger partial charge is 0.263 e. The summed E-state index contributed by atoms with van der Waals surface area (Å²) in [6.07, 6.45) is 4.86. The summed E-state index contributed by atoms with van der Waals surface area (Å²) in [5.41, 5.74) is 4.28. The first kappa shape index (κ1) is 23.2. The number of nitrogens with zero attached hydrogens (tertiary/aromatic N) is 6. The van der Waals surface area contributed by atoms with Crippen molar-refractivity contribution < 1.29 is 9.32 Å². The zero-order chi connectivity index (χ0) is 24.4. The number of benzene rings is 1. The molecule has 1 aliphatic heterocycles. The minimum absolute atomic E-state index is 0.0394. The van der Waals surface area contributed by atoms with Crippen molar-refractivity contribution >= 4 is 34.4 Å². The molecule has 9 heteroatoms. The highest BCUT2D eigenvalue weighted by Crippen LogP contribution is 2.34. The van der Waals surface area contributed by atoms with E-state index < -0.39 is 5.38 Å². The van der Waals surface area contributed by atoms with Gasteiger partial charge in [0.25, 0.3) is 5.71 Å². The molecule has 1 atom stereocenters. The van der Waals surface area contributed by atoms with E-state index in [4.69, 9.17) is 26.1 Å². The number of alkyl halides is 1. The van der Waals surface area contributed by atoms with Crippen molar-refractivity contribution in [2.45, 2.75) is 32.1 Å². The van der Waals surface area contributed by atoms with Gasteiger partial charge in [0.05, 0.1) is 0 Å². The second-order valence-corrected chi connectivity index (χ2v) is 9.52. The molecule has 0 unspecified atom stereocenters. The Balaban J connectivity index is 1.55. The maximum atomic E-state index is 12.5. The Labute approximate surface area is 208 Å². The van der Waals surface area contributed by atoms with E-state index in [2.05, 4.69) is 46.2 Å². The van der Waals surface area contributed by atoms with Crippen LogP contribution in [0.2, 0.25) is 0 Å². The number of carbonyl (C=O) groups is 1. The summed E-state index contributed by atoms with van der Waals surface area (Å²) in [7, 11) is 0. The van der Waals surface area contributed by atoms with Gasteiger partial charge in [-0.15, -0.1) is 11.6 Å². The summed E-state index contributed by atoms with van der Waals surface area (Å²) >= 11 is 6.08. The van der Waals surface area contributed by atoms with E-state index >= 15 is 0 Å². The van der Waals surface area contributed by atoms with Gasteiger partial charge in [-0.05, 0) is 38.0 Å². The predicted octanol–water partition coefficient (Wildman–Crippen LogP) is 4.25. The molecule has 4 aromatic rings. The van der Waals surface area contributed by atoms with Crippen LogP contribution in [-0.2, 0) is 11.2 Å². The van der Waals surface area contributed by atoms with E-state index in [0.717, 1.165) is 35.3 Å². The molecule has 8 nitrogen and oxygen atoms in total. The zero-order valence-electron chi connectivity index (χ0n) is 19.8. The maximum Gasteiger partial charge on any atom is 0.263 e. The van der Waals surface area contributed by atoms with Gasteiger partial charge in [0, 0.05) is 50.6 Å². The van der Waals surface area contributed by atoms with Gasteiger partial charge in [0.15, 0.2) is 0 Å². The van der Waals surface area contributed by atoms with Crippen molar-refractivity contribution in [2.24, 2.45) is 0 Å². The molecule has 180 valence electrons. The summed E-state index contributed by atoms with van der Waals surface area (Å²) < 4.78 is 5.72. The molecule has 0 spiro atoms. The Bertz CT molecular complexity index is 1320. The SMILES string of the molecule is Cc1ccc(Cc2nc(N3CCCN(C(=O)[C@@H](C)Cl)CC3)c3c(-c4cccnc4)noc3n2)cc1. The van der Waals surface area contributed by atoms with Gasteiger partial charge in [-0.2, -0.15) is 4.98 Å². The predicted molar refractivity (Wildman–Crippen MR) is 136 cm³/mol. The Kier molecular flexibility index (Phi) is 6.63. The summed E-state index contributed by atoms with van der Waals surface area (Å²) in [5.74, 6) is 1.39. The fourth-order valence-electron chi connectivity index (χ4n) is 4.38. The molecule has 1 fully saturated rings. The van der Waals surface area contributed by atoms with Crippen LogP contribution in [-0.4, -0.2) is 62.5 Å². The van der Waals surface area contributed by atoms with E-state index in [0.29, 0.717) is 43.3 Å². The Hall–Kier alpha value is -3.52. The number of aromatic nitrogens is 4. The minimum Gasteiger partial charge on any atom is -0.354 e. The van der Waals surface area contributed by atoms with Crippen molar-refractivity contribution in [3.63, 3.8) is 0 Å². The van der Waals surface area contributed by atoms with Crippen LogP contribution in [0.3, 0.4) is 0 Å². The molecule has 1 amide bonds. The normalized spacial score (nSPS) is 15.3. The number of halogens is 1. The van der Waals surface area contributed by atoms with Crippen LogP contribution < -0.4 is 4.90 Å². The largest absolute Gasteiger partial charge is 0.354 e. The van der Waals surface area contributed by atoms with Gasteiger partial charge in [0.2, 0.25) is 5.91 Å². The van der Waals surface area contributed by atoms with Crippen LogP contribution in [0.15, 0.2) is 53.3 Å². The molecule has 0 N–H and O–H groups in total. The van der Waals surface area contributed by atoms with E-state index in [1.807, 2.05) is 17.0 Å². The highest BCUT2D eigenvalue weighted by atomic mass is 35.5. The van der Waals surface area contributed by atoms with E-state index in [1.54, 1.807) is 19.3 Å². The summed E-state index contributed by atoms with van der Waals surface area (Å²) in [5, 5.41) is 4.57. The van der Waals surface area contributed by atoms with Gasteiger partial charge < -0.3 is 14.3 Å². The fraction of sp³-hybridized carbons (Fsp3) is 0.346. The van der Waals surface area contributed by atoms with Gasteiger partial charge in [-0.25, -0.2) is 4.98 Å². The highest BCUT2D eigenvalue weighted by Gasteiger charge is 2.27. The minimum atomic E-state index is -0.538. The van der Waals surface area contributed by atoms with Crippen molar-refractivity contribution in [3.05, 3.63) is 65.7 Å². The third-order valence-corrected chi connectivity index (χ3v) is 6.42. The monoisotopic (exact) mass is 490 g/mol. The Morgan fingerprint density at radius 1 is 1.11 bits per heavy atom. The van der Waals surface area contributed by atoms with Gasteiger partial charge >= 0.3 is 0 Å². The molecule has 0 saturated carbocycles. The van der Waals surface area contributed by atoms with Crippen molar-refractivity contribution in [3.8, 4) is 11.3 Å². The number of aryl methyl sites for hydroxylation is 1. The van der Waals surface area contributed by atoms with Crippen LogP contribution in [0.25, 0.3) is 22.4 Å². The second-order valence-electron chi connectivity index (χ2n) is 8.86. The Morgan fingerprint density at radius 2 is 1.94 bits per heavy atom. The molecular weight excluding hydrogens is 464 g/mol. The molecular formula is C26H27ClN6O2. The first-order valence-electron chi connectivity index (χ1n) is 11.8. The topological polar surface area (TPSA) is 88.3 Å². The Morgan fingerprint density at radius 3 is 2.69 bits per heavy atom. The average molecular weight is 491 g/mol. The number of hydrogen-bond acceptors (Lipinski definition) is 7. The lowest BCUT2D eigenvalue weighted by molar-refractivity contribution is -0.130. The number of carbonyl (C=O) groups excluding carboxylic acids is 1. The lowest BCUT2D eigenvalue weighted by Crippen LogP contribution is -2.38. The van der Waals surface area contributed by atoms with Crippen LogP contribution in [0.1, 0.15) is 30.3 Å². The van der Waals surface area contributed by atoms with Crippen LogP contribution in [0.4, 0.5) is 5.82 Å². The average Bonchev–Trinajstić information content (AvgIpc) is 3.14. The first-order chi connectivity index (χ1) is 17.0. The molecule has 4 heterocycles. The molecule has 3 aromatic heterocycles. The molecule has 0 radical (unpaired) electrons. The summed E-state index contributed by atoms with van der Waals surface area (Å²) in [6.45, 7) is 6.39. The third kappa shape index (κ3) is 4.98. The maximum absolute atomic E-state index is 12.5. The molecule has 1 aromatic carbocycles. The van der Waals surface area contributed by atoms with Gasteiger partial charge in [-0.3, -0.25) is 9.78 Å². The molecule has 0 aliphatic carbocycles. The van der Waals surface area contributed by atoms with E-state index in [9.17, 15) is 4.79 Å². The summed E-state index contributed by atoms with van der Waals surface area (Å²) in [4.78, 5) is 30.5. The molecule has 35 heavy (non-hydrogen) atoms. The highest BCUT2D eigenvalue weighted by molar-refractivity contribution is 6.30. The number of anilines is 1. The van der Waals surface area contributed by atoms with E-state index in [1.165, 1.54) is 5.56 Å². The lowest BCUT2D eigenvalue weighted by Gasteiger charge is -2.24. The fourth-order valence-corrected chi connectivity index (χ4v) is 4.52. The summed E-state index contributed by atoms with van der Waals surface area (Å²) in [6, 6.07) is 12.2. The number of rotatable bonds is 5. The van der Waals surface area contributed by atoms with E-state index in [-0.39, 0.29) is 5.91 Å². The van der Waals surface area contributed by atoms with Crippen molar-refractivity contribution in [1.29, 1.82) is 0 Å². The molecule has 1 saturated heterocycles. The van der Waals surface area contributed by atoms with Crippen LogP contribution in [0, 0.1) is 6.92 Å². The van der Waals surface area contributed by atoms with Crippen LogP contribution in [0.5, 0.6) is 0 Å². The first-order valence-corrected chi connectivity index (χ1v) is 12.2. The third-order valence-electron chi connectivity index (χ3n) is 6.23. The lowest BCUT2D eigenvalue weighted by atomic mass is 10.1. The number of amides is 1. The number of hydrogen-bond donors (Lipinski definition) is 0. The number of fused-ring (bicyclic) bond motifs is 1. The van der Waals surface area contributed by atoms with Gasteiger partial charge in [0.1, 0.15) is 28.1 Å². The standard InChI is InChI=1S/C26H27ClN6O2/c1-17-6-8-19(9-7-17)15-21-29-24(32-11-4-12-33(14-13-32)26(34)18(2)27)22-23(31-35-25(22)30-21)20-5-3-10-28-16-20/h3,5-10,16,18H,4,11-15H2,1-2H3/t18-/m1/s1. The molecule has 1 aliphatic rings. The second kappa shape index (κ2) is 10.00. The molecule has 5 rings (SSSR count). The molecule has 0 bridgehead atoms. The van der Waals surface area contributed by atoms with Crippen LogP contribution >= 0.6 is 11.6 Å². The van der Waals surface area contributed by atoms with Gasteiger partial charge in [-0.1, -0.05) is 35.0 Å². The van der Waals surface area contributed by atoms with Crippen molar-refractivity contribution in [1.82, 2.24) is 25.0 Å².